The highest BCUT2D eigenvalue weighted by molar-refractivity contribution is 5.78. The Morgan fingerprint density at radius 3 is 2.56 bits per heavy atom. The van der Waals surface area contributed by atoms with Gasteiger partial charge >= 0.3 is 0 Å². The van der Waals surface area contributed by atoms with Crippen LogP contribution in [-0.4, -0.2) is 35.5 Å². The second kappa shape index (κ2) is 9.07. The summed E-state index contributed by atoms with van der Waals surface area (Å²) in [5.74, 6) is 0.310. The van der Waals surface area contributed by atoms with Gasteiger partial charge in [-0.25, -0.2) is 0 Å². The van der Waals surface area contributed by atoms with Crippen LogP contribution in [0.5, 0.6) is 11.5 Å². The van der Waals surface area contributed by atoms with Crippen molar-refractivity contribution < 1.29 is 20.1 Å². The molecule has 5 rings (SSSR count). The van der Waals surface area contributed by atoms with Gasteiger partial charge in [0.2, 0.25) is 5.91 Å². The first kappa shape index (κ1) is 16.4. The maximum absolute atomic E-state index is 12.1. The van der Waals surface area contributed by atoms with Gasteiger partial charge in [-0.3, -0.25) is 4.79 Å². The summed E-state index contributed by atoms with van der Waals surface area (Å²) in [6.07, 6.45) is 2.52. The molecule has 0 bridgehead atoms. The molecule has 3 aromatic carbocycles. The van der Waals surface area contributed by atoms with Crippen molar-refractivity contribution in [1.82, 2.24) is 4.90 Å². The minimum Gasteiger partial charge on any atom is -0.508 e. The van der Waals surface area contributed by atoms with Crippen LogP contribution in [0, 0.1) is 0 Å². The Balaban J connectivity index is 1.44. The highest BCUT2D eigenvalue weighted by Gasteiger charge is 2.32. The number of benzene rings is 3. The van der Waals surface area contributed by atoms with Crippen LogP contribution in [0.1, 0.15) is 58.8 Å². The molecule has 4 heteroatoms. The van der Waals surface area contributed by atoms with Crippen LogP contribution in [-0.2, 0) is 11.2 Å². The van der Waals surface area contributed by atoms with Crippen LogP contribution in [0.4, 0.5) is 0 Å². The van der Waals surface area contributed by atoms with E-state index in [4.69, 9.17) is 10.2 Å². The van der Waals surface area contributed by atoms with Gasteiger partial charge in [-0.05, 0) is 71.7 Å². The molecule has 164 valence electrons. The maximum Gasteiger partial charge on any atom is 0.222 e. The van der Waals surface area contributed by atoms with E-state index in [1.807, 2.05) is 42.5 Å². The van der Waals surface area contributed by atoms with Crippen molar-refractivity contribution in [2.24, 2.45) is 0 Å². The monoisotopic (exact) mass is 431 g/mol. The zero-order valence-corrected chi connectivity index (χ0v) is 17.8. The van der Waals surface area contributed by atoms with Gasteiger partial charge in [-0.1, -0.05) is 48.5 Å². The van der Waals surface area contributed by atoms with Crippen LogP contribution in [0.15, 0.2) is 72.8 Å². The summed E-state index contributed by atoms with van der Waals surface area (Å²) in [5.41, 5.74) is 4.54. The van der Waals surface area contributed by atoms with Gasteiger partial charge in [-0.2, -0.15) is 0 Å². The molecule has 1 aliphatic heterocycles. The number of phenols is 1. The third kappa shape index (κ3) is 4.22. The quantitative estimate of drug-likeness (QED) is 0.580. The molecule has 1 heterocycles. The Bertz CT molecular complexity index is 1250. The number of hydrogen-bond acceptors (Lipinski definition) is 3. The molecule has 0 spiro atoms. The Hall–Kier alpha value is -3.27. The highest BCUT2D eigenvalue weighted by atomic mass is 16.5. The van der Waals surface area contributed by atoms with Crippen LogP contribution in [0.25, 0.3) is 0 Å². The molecule has 2 aliphatic rings. The normalized spacial score (nSPS) is 23.0. The van der Waals surface area contributed by atoms with Crippen molar-refractivity contribution in [3.63, 3.8) is 0 Å². The number of phenolic OH excluding ortho intramolecular Hbond substituents is 1. The van der Waals surface area contributed by atoms with Gasteiger partial charge in [0.05, 0.1) is 12.0 Å². The molecule has 2 atom stereocenters. The minimum atomic E-state index is -2.73. The third-order valence-corrected chi connectivity index (χ3v) is 6.48. The van der Waals surface area contributed by atoms with Gasteiger partial charge in [0.15, 0.2) is 0 Å². The standard InChI is InChI=1S/C28H29NO3/c30-23-11-15-26-22(19-23)10-14-25(20-5-2-1-3-6-20)28(26)21-8-12-24(13-9-21)32-18-17-29-16-4-7-27(29)31/h1-3,5-6,8-9,11-13,15,19,25,28,30H,4,7,10,14,16-18H2/t25-,28+/m1/s1/i17D2,18D2. The summed E-state index contributed by atoms with van der Waals surface area (Å²) in [4.78, 5) is 13.0. The largest absolute Gasteiger partial charge is 0.508 e. The lowest BCUT2D eigenvalue weighted by atomic mass is 9.69. The summed E-state index contributed by atoms with van der Waals surface area (Å²) < 4.78 is 38.6. The smallest absolute Gasteiger partial charge is 0.222 e. The van der Waals surface area contributed by atoms with E-state index in [2.05, 4.69) is 12.1 Å². The van der Waals surface area contributed by atoms with Crippen molar-refractivity contribution in [2.75, 3.05) is 19.6 Å². The first-order valence-electron chi connectivity index (χ1n) is 13.1. The molecule has 32 heavy (non-hydrogen) atoms. The van der Waals surface area contributed by atoms with E-state index in [1.165, 1.54) is 5.56 Å². The molecule has 3 aromatic rings. The maximum atomic E-state index is 12.1. The summed E-state index contributed by atoms with van der Waals surface area (Å²) in [6, 6.07) is 23.0. The summed E-state index contributed by atoms with van der Waals surface area (Å²) in [7, 11) is 0. The van der Waals surface area contributed by atoms with E-state index in [0.29, 0.717) is 6.42 Å². The van der Waals surface area contributed by atoms with Crippen molar-refractivity contribution in [3.05, 3.63) is 95.1 Å². The average molecular weight is 432 g/mol. The predicted molar refractivity (Wildman–Crippen MR) is 125 cm³/mol. The fourth-order valence-corrected chi connectivity index (χ4v) is 4.92. The van der Waals surface area contributed by atoms with Crippen molar-refractivity contribution in [2.45, 2.75) is 37.5 Å². The first-order valence-corrected chi connectivity index (χ1v) is 11.1. The molecule has 0 radical (unpaired) electrons. The number of likely N-dealkylation sites (tertiary alicyclic amines) is 1. The zero-order valence-electron chi connectivity index (χ0n) is 21.8. The third-order valence-electron chi connectivity index (χ3n) is 6.48. The molecule has 0 saturated carbocycles. The van der Waals surface area contributed by atoms with Gasteiger partial charge in [0, 0.05) is 18.9 Å². The number of ether oxygens (including phenoxy) is 1. The molecule has 1 N–H and O–H groups in total. The average Bonchev–Trinajstić information content (AvgIpc) is 3.30. The Morgan fingerprint density at radius 1 is 1.00 bits per heavy atom. The van der Waals surface area contributed by atoms with E-state index >= 15 is 0 Å². The molecule has 1 aliphatic carbocycles. The number of aryl methyl sites for hydroxylation is 1. The number of amides is 1. The Labute approximate surface area is 195 Å². The second-order valence-electron chi connectivity index (χ2n) is 8.45. The molecule has 4 nitrogen and oxygen atoms in total. The van der Waals surface area contributed by atoms with Crippen molar-refractivity contribution in [1.29, 1.82) is 0 Å². The van der Waals surface area contributed by atoms with Crippen LogP contribution >= 0.6 is 0 Å². The minimum absolute atomic E-state index is 0.0382. The molecule has 0 unspecified atom stereocenters. The van der Waals surface area contributed by atoms with E-state index < -0.39 is 19.0 Å². The highest BCUT2D eigenvalue weighted by Crippen LogP contribution is 2.47. The fourth-order valence-electron chi connectivity index (χ4n) is 4.92. The lowest BCUT2D eigenvalue weighted by molar-refractivity contribution is -0.128. The second-order valence-corrected chi connectivity index (χ2v) is 8.45. The number of hydrogen-bond donors (Lipinski definition) is 1. The van der Waals surface area contributed by atoms with Crippen molar-refractivity contribution >= 4 is 5.91 Å². The van der Waals surface area contributed by atoms with Crippen LogP contribution in [0.3, 0.4) is 0 Å². The SMILES string of the molecule is [2H]C([2H])(Oc1ccc([C@@H]2c3ccc(O)cc3CC[C@@H]2c2ccccc2)cc1)C([2H])([2H])N1CCCC1=O. The Kier molecular flexibility index (Phi) is 4.64. The van der Waals surface area contributed by atoms with E-state index in [9.17, 15) is 9.90 Å². The first-order chi connectivity index (χ1) is 17.2. The Morgan fingerprint density at radius 2 is 1.81 bits per heavy atom. The number of rotatable bonds is 6. The van der Waals surface area contributed by atoms with Crippen molar-refractivity contribution in [3.8, 4) is 11.5 Å². The molecular weight excluding hydrogens is 398 g/mol. The molecule has 1 saturated heterocycles. The molecule has 1 fully saturated rings. The molecular formula is C28H29NO3. The number of fused-ring (bicyclic) bond motifs is 1. The van der Waals surface area contributed by atoms with Crippen LogP contribution in [0.2, 0.25) is 0 Å². The lowest BCUT2D eigenvalue weighted by Gasteiger charge is -2.35. The van der Waals surface area contributed by atoms with E-state index in [0.717, 1.165) is 34.4 Å². The number of aromatic hydroxyl groups is 1. The topological polar surface area (TPSA) is 49.8 Å². The summed E-state index contributed by atoms with van der Waals surface area (Å²) >= 11 is 0. The zero-order chi connectivity index (χ0) is 25.5. The van der Waals surface area contributed by atoms with E-state index in [1.54, 1.807) is 18.2 Å². The number of carbonyl (C=O) groups excluding carboxylic acids is 1. The number of carbonyl (C=O) groups is 1. The fraction of sp³-hybridized carbons (Fsp3) is 0.321. The van der Waals surface area contributed by atoms with Gasteiger partial charge < -0.3 is 14.7 Å². The molecule has 0 aromatic heterocycles. The summed E-state index contributed by atoms with van der Waals surface area (Å²) in [5, 5.41) is 10.0. The molecule has 1 amide bonds. The summed E-state index contributed by atoms with van der Waals surface area (Å²) in [6.45, 7) is -5.15. The predicted octanol–water partition coefficient (Wildman–Crippen LogP) is 5.26. The lowest BCUT2D eigenvalue weighted by Crippen LogP contribution is -2.29. The van der Waals surface area contributed by atoms with E-state index in [-0.39, 0.29) is 36.3 Å². The van der Waals surface area contributed by atoms with Gasteiger partial charge in [0.25, 0.3) is 0 Å². The van der Waals surface area contributed by atoms with Gasteiger partial charge in [0.1, 0.15) is 18.1 Å². The van der Waals surface area contributed by atoms with Crippen LogP contribution < -0.4 is 4.74 Å². The number of nitrogens with zero attached hydrogens (tertiary/aromatic N) is 1. The van der Waals surface area contributed by atoms with Gasteiger partial charge in [-0.15, -0.1) is 0 Å².